The van der Waals surface area contributed by atoms with Crippen molar-refractivity contribution in [1.29, 1.82) is 0 Å². The average Bonchev–Trinajstić information content (AvgIpc) is 3.55. The molecule has 38 heavy (non-hydrogen) atoms. The number of allylic oxidation sites excluding steroid dienone is 4. The molecule has 8 heteroatoms. The summed E-state index contributed by atoms with van der Waals surface area (Å²) in [6.45, 7) is 6.57. The van der Waals surface area contributed by atoms with Crippen LogP contribution in [-0.2, 0) is 6.42 Å². The molecule has 0 unspecified atom stereocenters. The molecule has 5 N–H and O–H groups in total. The Hall–Kier alpha value is -4.56. The first-order valence-electron chi connectivity index (χ1n) is 12.5. The molecule has 0 atom stereocenters. The lowest BCUT2D eigenvalue weighted by atomic mass is 10.0. The van der Waals surface area contributed by atoms with Gasteiger partial charge in [-0.05, 0) is 98.6 Å². The molecule has 0 radical (unpaired) electrons. The molecule has 0 aliphatic rings. The van der Waals surface area contributed by atoms with E-state index in [1.54, 1.807) is 18.3 Å². The fourth-order valence-electron chi connectivity index (χ4n) is 4.61. The number of hydrogen-bond acceptors (Lipinski definition) is 5. The first-order chi connectivity index (χ1) is 18.5. The SMILES string of the molecule is C=C/C(N)=C\C(=C/C)c1ccc2[nH]nc(-c3nc4c(-c5cc(F)cc(CCCNC)c5)nccc4[nH]3)c2c1. The molecule has 3 aromatic heterocycles. The quantitative estimate of drug-likeness (QED) is 0.147. The van der Waals surface area contributed by atoms with Gasteiger partial charge in [0.2, 0.25) is 0 Å². The van der Waals surface area contributed by atoms with Crippen LogP contribution < -0.4 is 11.1 Å². The maximum Gasteiger partial charge on any atom is 0.159 e. The molecule has 0 aliphatic heterocycles. The number of halogens is 1. The maximum atomic E-state index is 14.6. The van der Waals surface area contributed by atoms with Crippen molar-refractivity contribution in [2.24, 2.45) is 5.73 Å². The number of pyridine rings is 1. The van der Waals surface area contributed by atoms with Gasteiger partial charge in [0.1, 0.15) is 17.0 Å². The number of rotatable bonds is 9. The lowest BCUT2D eigenvalue weighted by Gasteiger charge is -2.07. The van der Waals surface area contributed by atoms with E-state index in [1.165, 1.54) is 6.07 Å². The lowest BCUT2D eigenvalue weighted by Crippen LogP contribution is -2.08. The summed E-state index contributed by atoms with van der Waals surface area (Å²) in [5, 5.41) is 11.7. The summed E-state index contributed by atoms with van der Waals surface area (Å²) in [6.07, 6.45) is 8.91. The van der Waals surface area contributed by atoms with E-state index in [0.29, 0.717) is 34.0 Å². The predicted octanol–water partition coefficient (Wildman–Crippen LogP) is 5.89. The van der Waals surface area contributed by atoms with Crippen molar-refractivity contribution >= 4 is 27.5 Å². The number of nitrogens with one attached hydrogen (secondary N) is 3. The number of aromatic nitrogens is 5. The van der Waals surface area contributed by atoms with E-state index < -0.39 is 0 Å². The third kappa shape index (κ3) is 4.99. The Labute approximate surface area is 220 Å². The number of nitrogens with zero attached hydrogens (tertiary/aromatic N) is 3. The van der Waals surface area contributed by atoms with E-state index in [0.717, 1.165) is 52.5 Å². The summed E-state index contributed by atoms with van der Waals surface area (Å²) in [5.41, 5.74) is 13.8. The summed E-state index contributed by atoms with van der Waals surface area (Å²) in [6, 6.07) is 13.0. The normalized spacial score (nSPS) is 12.5. The highest BCUT2D eigenvalue weighted by atomic mass is 19.1. The molecule has 0 spiro atoms. The standard InChI is InChI=1S/C30H30FN7/c1-4-19(16-23(32)5-2)20-8-9-25-24(17-20)28(38-37-25)30-35-26-10-12-34-27(29(26)36-30)21-13-18(7-6-11-33-3)14-22(31)15-21/h4-5,8-10,12-17,33H,2,6-7,11,32H2,1,3H3,(H,35,36)(H,37,38)/b19-4+,23-16+. The zero-order valence-corrected chi connectivity index (χ0v) is 21.5. The monoisotopic (exact) mass is 507 g/mol. The zero-order chi connectivity index (χ0) is 26.6. The van der Waals surface area contributed by atoms with Crippen molar-refractivity contribution < 1.29 is 4.39 Å². The van der Waals surface area contributed by atoms with Crippen LogP contribution in [-0.4, -0.2) is 38.7 Å². The molecule has 0 aliphatic carbocycles. The summed E-state index contributed by atoms with van der Waals surface area (Å²) < 4.78 is 14.6. The molecule has 0 saturated carbocycles. The highest BCUT2D eigenvalue weighted by molar-refractivity contribution is 5.97. The van der Waals surface area contributed by atoms with Crippen molar-refractivity contribution in [1.82, 2.24) is 30.5 Å². The van der Waals surface area contributed by atoms with Crippen LogP contribution in [0.4, 0.5) is 4.39 Å². The number of nitrogens with two attached hydrogens (primary N) is 1. The Morgan fingerprint density at radius 2 is 2.00 bits per heavy atom. The lowest BCUT2D eigenvalue weighted by molar-refractivity contribution is 0.624. The van der Waals surface area contributed by atoms with Gasteiger partial charge in [-0.25, -0.2) is 9.37 Å². The molecule has 2 aromatic carbocycles. The van der Waals surface area contributed by atoms with Crippen LogP contribution in [0.3, 0.4) is 0 Å². The van der Waals surface area contributed by atoms with Crippen molar-refractivity contribution in [3.63, 3.8) is 0 Å². The largest absolute Gasteiger partial charge is 0.399 e. The molecule has 7 nitrogen and oxygen atoms in total. The second-order valence-corrected chi connectivity index (χ2v) is 9.12. The van der Waals surface area contributed by atoms with Gasteiger partial charge in [0.15, 0.2) is 5.82 Å². The minimum Gasteiger partial charge on any atom is -0.399 e. The van der Waals surface area contributed by atoms with E-state index in [2.05, 4.69) is 38.1 Å². The van der Waals surface area contributed by atoms with Crippen LogP contribution in [0.15, 0.2) is 79.2 Å². The van der Waals surface area contributed by atoms with Gasteiger partial charge in [0.25, 0.3) is 0 Å². The highest BCUT2D eigenvalue weighted by Gasteiger charge is 2.17. The fraction of sp³-hybridized carbons (Fsp3) is 0.167. The number of hydrogen-bond donors (Lipinski definition) is 4. The second-order valence-electron chi connectivity index (χ2n) is 9.12. The molecule has 192 valence electrons. The molecule has 5 rings (SSSR count). The van der Waals surface area contributed by atoms with Gasteiger partial charge in [0, 0.05) is 22.8 Å². The molecular weight excluding hydrogens is 477 g/mol. The third-order valence-electron chi connectivity index (χ3n) is 6.51. The Morgan fingerprint density at radius 3 is 2.79 bits per heavy atom. The van der Waals surface area contributed by atoms with Gasteiger partial charge in [-0.2, -0.15) is 5.10 Å². The highest BCUT2D eigenvalue weighted by Crippen LogP contribution is 2.32. The van der Waals surface area contributed by atoms with Crippen LogP contribution in [0.1, 0.15) is 24.5 Å². The maximum absolute atomic E-state index is 14.6. The van der Waals surface area contributed by atoms with Crippen LogP contribution in [0.25, 0.3) is 50.3 Å². The molecule has 0 saturated heterocycles. The Balaban J connectivity index is 1.58. The second kappa shape index (κ2) is 10.8. The summed E-state index contributed by atoms with van der Waals surface area (Å²) in [7, 11) is 1.91. The van der Waals surface area contributed by atoms with E-state index >= 15 is 0 Å². The Morgan fingerprint density at radius 1 is 1.13 bits per heavy atom. The minimum atomic E-state index is -0.284. The summed E-state index contributed by atoms with van der Waals surface area (Å²) in [5.74, 6) is 0.319. The smallest absolute Gasteiger partial charge is 0.159 e. The Kier molecular flexibility index (Phi) is 7.15. The first-order valence-corrected chi connectivity index (χ1v) is 12.5. The van der Waals surface area contributed by atoms with Crippen LogP contribution in [0.5, 0.6) is 0 Å². The number of aryl methyl sites for hydroxylation is 1. The van der Waals surface area contributed by atoms with Crippen molar-refractivity contribution in [3.05, 3.63) is 96.1 Å². The topological polar surface area (TPSA) is 108 Å². The van der Waals surface area contributed by atoms with Gasteiger partial charge < -0.3 is 16.0 Å². The predicted molar refractivity (Wildman–Crippen MR) is 153 cm³/mol. The van der Waals surface area contributed by atoms with E-state index in [1.807, 2.05) is 50.4 Å². The zero-order valence-electron chi connectivity index (χ0n) is 21.5. The average molecular weight is 508 g/mol. The third-order valence-corrected chi connectivity index (χ3v) is 6.51. The molecular formula is C30H30FN7. The number of imidazole rings is 1. The molecule has 5 aromatic rings. The Bertz CT molecular complexity index is 1690. The number of fused-ring (bicyclic) bond motifs is 2. The fourth-order valence-corrected chi connectivity index (χ4v) is 4.61. The van der Waals surface area contributed by atoms with Gasteiger partial charge in [0.05, 0.1) is 16.7 Å². The van der Waals surface area contributed by atoms with Crippen LogP contribution >= 0.6 is 0 Å². The van der Waals surface area contributed by atoms with Gasteiger partial charge in [-0.15, -0.1) is 0 Å². The minimum absolute atomic E-state index is 0.284. The number of aromatic amines is 2. The molecule has 0 amide bonds. The number of H-pyrrole nitrogens is 2. The summed E-state index contributed by atoms with van der Waals surface area (Å²) in [4.78, 5) is 12.8. The van der Waals surface area contributed by atoms with Crippen molar-refractivity contribution in [2.75, 3.05) is 13.6 Å². The van der Waals surface area contributed by atoms with Crippen LogP contribution in [0.2, 0.25) is 0 Å². The first kappa shape index (κ1) is 25.1. The summed E-state index contributed by atoms with van der Waals surface area (Å²) >= 11 is 0. The van der Waals surface area contributed by atoms with Crippen molar-refractivity contribution in [2.45, 2.75) is 19.8 Å². The number of benzene rings is 2. The van der Waals surface area contributed by atoms with Gasteiger partial charge in [-0.3, -0.25) is 10.1 Å². The van der Waals surface area contributed by atoms with E-state index in [4.69, 9.17) is 10.7 Å². The van der Waals surface area contributed by atoms with Gasteiger partial charge in [-0.1, -0.05) is 18.7 Å². The van der Waals surface area contributed by atoms with E-state index in [-0.39, 0.29) is 5.82 Å². The van der Waals surface area contributed by atoms with E-state index in [9.17, 15) is 4.39 Å². The molecule has 3 heterocycles. The van der Waals surface area contributed by atoms with Gasteiger partial charge >= 0.3 is 0 Å². The molecule has 0 bridgehead atoms. The van der Waals surface area contributed by atoms with Crippen molar-refractivity contribution in [3.8, 4) is 22.8 Å². The van der Waals surface area contributed by atoms with Crippen LogP contribution in [0, 0.1) is 5.82 Å². The molecule has 0 fully saturated rings.